The van der Waals surface area contributed by atoms with E-state index >= 15 is 0 Å². The molecule has 0 fully saturated rings. The smallest absolute Gasteiger partial charge is 0.305 e. The van der Waals surface area contributed by atoms with E-state index in [2.05, 4.69) is 11.3 Å². The molecule has 0 saturated heterocycles. The second kappa shape index (κ2) is 13.3. The van der Waals surface area contributed by atoms with Crippen LogP contribution in [0.5, 0.6) is 0 Å². The largest absolute Gasteiger partial charge is 0.469 e. The van der Waals surface area contributed by atoms with E-state index in [1.807, 2.05) is 6.08 Å². The number of ketones is 1. The SMILES string of the molecule is C=CCCCCCCCCC(=O)CCCC(=O)OC. The summed E-state index contributed by atoms with van der Waals surface area (Å²) in [6, 6.07) is 0. The Labute approximate surface area is 117 Å². The predicted octanol–water partition coefficient (Wildman–Crippen LogP) is 4.21. The monoisotopic (exact) mass is 268 g/mol. The molecule has 3 heteroatoms. The van der Waals surface area contributed by atoms with Gasteiger partial charge in [0.1, 0.15) is 5.78 Å². The van der Waals surface area contributed by atoms with Crippen LogP contribution in [0.15, 0.2) is 12.7 Å². The first-order valence-electron chi connectivity index (χ1n) is 7.40. The third kappa shape index (κ3) is 13.1. The number of unbranched alkanes of at least 4 members (excludes halogenated alkanes) is 6. The molecule has 0 aromatic rings. The highest BCUT2D eigenvalue weighted by Gasteiger charge is 2.05. The molecule has 0 saturated carbocycles. The first-order chi connectivity index (χ1) is 9.20. The van der Waals surface area contributed by atoms with Crippen molar-refractivity contribution in [2.75, 3.05) is 7.11 Å². The van der Waals surface area contributed by atoms with Gasteiger partial charge >= 0.3 is 5.97 Å². The number of hydrogen-bond acceptors (Lipinski definition) is 3. The van der Waals surface area contributed by atoms with Crippen molar-refractivity contribution in [1.29, 1.82) is 0 Å². The summed E-state index contributed by atoms with van der Waals surface area (Å²) in [5.74, 6) is 0.0443. The summed E-state index contributed by atoms with van der Waals surface area (Å²) in [6.45, 7) is 3.70. The molecule has 19 heavy (non-hydrogen) atoms. The Kier molecular flexibility index (Phi) is 12.5. The van der Waals surface area contributed by atoms with Gasteiger partial charge in [-0.1, -0.05) is 31.8 Å². The second-order valence-electron chi connectivity index (χ2n) is 4.92. The Morgan fingerprint density at radius 1 is 0.895 bits per heavy atom. The van der Waals surface area contributed by atoms with Crippen molar-refractivity contribution in [3.05, 3.63) is 12.7 Å². The van der Waals surface area contributed by atoms with Crippen LogP contribution in [0, 0.1) is 0 Å². The molecule has 110 valence electrons. The van der Waals surface area contributed by atoms with Crippen LogP contribution in [-0.2, 0) is 14.3 Å². The van der Waals surface area contributed by atoms with Gasteiger partial charge in [-0.3, -0.25) is 9.59 Å². The molecule has 0 bridgehead atoms. The minimum atomic E-state index is -0.229. The van der Waals surface area contributed by atoms with Crippen LogP contribution in [0.3, 0.4) is 0 Å². The summed E-state index contributed by atoms with van der Waals surface area (Å²) in [7, 11) is 1.37. The Morgan fingerprint density at radius 3 is 2.11 bits per heavy atom. The van der Waals surface area contributed by atoms with Crippen LogP contribution in [0.1, 0.15) is 70.6 Å². The number of ether oxygens (including phenoxy) is 1. The molecular formula is C16H28O3. The standard InChI is InChI=1S/C16H28O3/c1-3-4-5-6-7-8-9-10-12-15(17)13-11-14-16(18)19-2/h3H,1,4-14H2,2H3. The molecule has 0 unspecified atom stereocenters. The molecule has 0 spiro atoms. The first-order valence-corrected chi connectivity index (χ1v) is 7.40. The maximum Gasteiger partial charge on any atom is 0.305 e. The van der Waals surface area contributed by atoms with Gasteiger partial charge in [-0.25, -0.2) is 0 Å². The van der Waals surface area contributed by atoms with E-state index in [0.717, 1.165) is 19.3 Å². The molecule has 0 atom stereocenters. The van der Waals surface area contributed by atoms with Gasteiger partial charge in [-0.05, 0) is 25.7 Å². The maximum absolute atomic E-state index is 11.5. The predicted molar refractivity (Wildman–Crippen MR) is 78.0 cm³/mol. The molecule has 0 N–H and O–H groups in total. The van der Waals surface area contributed by atoms with Crippen molar-refractivity contribution in [2.24, 2.45) is 0 Å². The van der Waals surface area contributed by atoms with Crippen molar-refractivity contribution < 1.29 is 14.3 Å². The number of allylic oxidation sites excluding steroid dienone is 1. The van der Waals surface area contributed by atoms with Crippen LogP contribution < -0.4 is 0 Å². The van der Waals surface area contributed by atoms with Crippen molar-refractivity contribution in [3.63, 3.8) is 0 Å². The lowest BCUT2D eigenvalue weighted by Gasteiger charge is -2.02. The lowest BCUT2D eigenvalue weighted by molar-refractivity contribution is -0.140. The van der Waals surface area contributed by atoms with Crippen LogP contribution in [0.4, 0.5) is 0 Å². The zero-order chi connectivity index (χ0) is 14.3. The van der Waals surface area contributed by atoms with Crippen LogP contribution in [0.25, 0.3) is 0 Å². The van der Waals surface area contributed by atoms with E-state index in [9.17, 15) is 9.59 Å². The lowest BCUT2D eigenvalue weighted by atomic mass is 10.0. The number of carbonyl (C=O) groups is 2. The van der Waals surface area contributed by atoms with E-state index in [0.29, 0.717) is 25.7 Å². The van der Waals surface area contributed by atoms with Gasteiger partial charge in [0.05, 0.1) is 7.11 Å². The van der Waals surface area contributed by atoms with Crippen molar-refractivity contribution in [2.45, 2.75) is 70.6 Å². The third-order valence-corrected chi connectivity index (χ3v) is 3.18. The first kappa shape index (κ1) is 17.9. The van der Waals surface area contributed by atoms with Gasteiger partial charge in [0, 0.05) is 19.3 Å². The fourth-order valence-electron chi connectivity index (χ4n) is 1.97. The number of carbonyl (C=O) groups excluding carboxylic acids is 2. The van der Waals surface area contributed by atoms with E-state index in [1.165, 1.54) is 32.8 Å². The Morgan fingerprint density at radius 2 is 1.47 bits per heavy atom. The minimum absolute atomic E-state index is 0.229. The lowest BCUT2D eigenvalue weighted by Crippen LogP contribution is -2.03. The van der Waals surface area contributed by atoms with Crippen LogP contribution in [0.2, 0.25) is 0 Å². The molecular weight excluding hydrogens is 240 g/mol. The number of esters is 1. The number of Topliss-reactive ketones (excluding diaryl/α,β-unsaturated/α-hetero) is 1. The van der Waals surface area contributed by atoms with Crippen molar-refractivity contribution >= 4 is 11.8 Å². The minimum Gasteiger partial charge on any atom is -0.469 e. The molecule has 0 heterocycles. The molecule has 0 radical (unpaired) electrons. The fourth-order valence-corrected chi connectivity index (χ4v) is 1.97. The van der Waals surface area contributed by atoms with E-state index < -0.39 is 0 Å². The number of methoxy groups -OCH3 is 1. The Balaban J connectivity index is 3.24. The second-order valence-corrected chi connectivity index (χ2v) is 4.92. The molecule has 0 aromatic carbocycles. The quantitative estimate of drug-likeness (QED) is 0.285. The van der Waals surface area contributed by atoms with Gasteiger partial charge in [0.2, 0.25) is 0 Å². The average molecular weight is 268 g/mol. The van der Waals surface area contributed by atoms with Gasteiger partial charge in [-0.2, -0.15) is 0 Å². The molecule has 0 aliphatic heterocycles. The summed E-state index contributed by atoms with van der Waals surface area (Å²) in [5.41, 5.74) is 0. The number of hydrogen-bond donors (Lipinski definition) is 0. The van der Waals surface area contributed by atoms with Crippen LogP contribution in [-0.4, -0.2) is 18.9 Å². The summed E-state index contributed by atoms with van der Waals surface area (Å²) >= 11 is 0. The van der Waals surface area contributed by atoms with E-state index in [1.54, 1.807) is 0 Å². The highest BCUT2D eigenvalue weighted by Crippen LogP contribution is 2.10. The molecule has 0 aromatic heterocycles. The molecule has 3 nitrogen and oxygen atoms in total. The van der Waals surface area contributed by atoms with Crippen LogP contribution >= 0.6 is 0 Å². The van der Waals surface area contributed by atoms with Gasteiger partial charge in [-0.15, -0.1) is 6.58 Å². The van der Waals surface area contributed by atoms with Gasteiger partial charge in [0.15, 0.2) is 0 Å². The third-order valence-electron chi connectivity index (χ3n) is 3.18. The summed E-state index contributed by atoms with van der Waals surface area (Å²) in [4.78, 5) is 22.4. The highest BCUT2D eigenvalue weighted by molar-refractivity contribution is 5.79. The van der Waals surface area contributed by atoms with E-state index in [-0.39, 0.29) is 11.8 Å². The molecule has 0 aliphatic carbocycles. The highest BCUT2D eigenvalue weighted by atomic mass is 16.5. The summed E-state index contributed by atoms with van der Waals surface area (Å²) in [5, 5.41) is 0. The van der Waals surface area contributed by atoms with Gasteiger partial charge < -0.3 is 4.74 Å². The van der Waals surface area contributed by atoms with Crippen molar-refractivity contribution in [3.8, 4) is 0 Å². The van der Waals surface area contributed by atoms with E-state index in [4.69, 9.17) is 0 Å². The maximum atomic E-state index is 11.5. The zero-order valence-electron chi connectivity index (χ0n) is 12.3. The summed E-state index contributed by atoms with van der Waals surface area (Å²) in [6.07, 6.45) is 12.3. The zero-order valence-corrected chi connectivity index (χ0v) is 12.3. The normalized spacial score (nSPS) is 10.2. The molecule has 0 amide bonds. The Bertz CT molecular complexity index is 259. The Hall–Kier alpha value is -1.12. The molecule has 0 aliphatic rings. The fraction of sp³-hybridized carbons (Fsp3) is 0.750. The van der Waals surface area contributed by atoms with Crippen molar-refractivity contribution in [1.82, 2.24) is 0 Å². The summed E-state index contributed by atoms with van der Waals surface area (Å²) < 4.78 is 4.53. The van der Waals surface area contributed by atoms with Gasteiger partial charge in [0.25, 0.3) is 0 Å². The topological polar surface area (TPSA) is 43.4 Å². The average Bonchev–Trinajstić information content (AvgIpc) is 2.41. The number of rotatable bonds is 13. The molecule has 0 rings (SSSR count).